The van der Waals surface area contributed by atoms with Gasteiger partial charge in [0.1, 0.15) is 5.82 Å². The van der Waals surface area contributed by atoms with Gasteiger partial charge in [0.05, 0.1) is 11.7 Å². The Labute approximate surface area is 125 Å². The van der Waals surface area contributed by atoms with Gasteiger partial charge in [0, 0.05) is 25.4 Å². The van der Waals surface area contributed by atoms with Crippen molar-refractivity contribution >= 4 is 11.8 Å². The van der Waals surface area contributed by atoms with Crippen LogP contribution in [-0.4, -0.2) is 41.9 Å². The van der Waals surface area contributed by atoms with E-state index >= 15 is 0 Å². The summed E-state index contributed by atoms with van der Waals surface area (Å²) < 4.78 is 5.70. The maximum atomic E-state index is 11.3. The number of carboxylic acids is 1. The topological polar surface area (TPSA) is 62.7 Å². The molecule has 0 saturated carbocycles. The summed E-state index contributed by atoms with van der Waals surface area (Å²) in [5, 5.41) is 9.27. The average molecular weight is 292 g/mol. The van der Waals surface area contributed by atoms with Gasteiger partial charge in [-0.15, -0.1) is 0 Å². The van der Waals surface area contributed by atoms with Gasteiger partial charge < -0.3 is 14.7 Å². The number of hydrogen-bond donors (Lipinski definition) is 1. The second-order valence-corrected chi connectivity index (χ2v) is 5.43. The number of aromatic nitrogens is 1. The number of carbonyl (C=O) groups is 1. The first-order chi connectivity index (χ1) is 10.1. The van der Waals surface area contributed by atoms with Gasteiger partial charge in [-0.05, 0) is 38.3 Å². The molecule has 0 amide bonds. The van der Waals surface area contributed by atoms with Crippen LogP contribution in [0.5, 0.6) is 0 Å². The Balaban J connectivity index is 2.22. The highest BCUT2D eigenvalue weighted by molar-refractivity contribution is 5.88. The van der Waals surface area contributed by atoms with Crippen molar-refractivity contribution in [3.63, 3.8) is 0 Å². The molecule has 1 atom stereocenters. The second-order valence-electron chi connectivity index (χ2n) is 5.43. The number of aromatic carboxylic acids is 1. The van der Waals surface area contributed by atoms with E-state index in [1.165, 1.54) is 0 Å². The van der Waals surface area contributed by atoms with Crippen molar-refractivity contribution in [1.29, 1.82) is 0 Å². The van der Waals surface area contributed by atoms with Crippen molar-refractivity contribution in [2.75, 3.05) is 24.6 Å². The van der Waals surface area contributed by atoms with Crippen LogP contribution in [0.3, 0.4) is 0 Å². The minimum absolute atomic E-state index is 0.216. The summed E-state index contributed by atoms with van der Waals surface area (Å²) >= 11 is 0. The Morgan fingerprint density at radius 3 is 2.95 bits per heavy atom. The Bertz CT molecular complexity index is 488. The molecular formula is C16H24N2O3. The smallest absolute Gasteiger partial charge is 0.335 e. The molecule has 1 fully saturated rings. The van der Waals surface area contributed by atoms with Crippen LogP contribution in [0.1, 0.15) is 49.2 Å². The molecule has 5 heteroatoms. The number of piperidine rings is 1. The van der Waals surface area contributed by atoms with Gasteiger partial charge in [-0.1, -0.05) is 13.3 Å². The van der Waals surface area contributed by atoms with Crippen molar-refractivity contribution < 1.29 is 14.6 Å². The fourth-order valence-electron chi connectivity index (χ4n) is 2.76. The second kappa shape index (κ2) is 7.41. The zero-order valence-electron chi connectivity index (χ0n) is 12.8. The van der Waals surface area contributed by atoms with E-state index in [9.17, 15) is 9.90 Å². The van der Waals surface area contributed by atoms with Crippen molar-refractivity contribution in [3.8, 4) is 0 Å². The van der Waals surface area contributed by atoms with Crippen LogP contribution in [0, 0.1) is 0 Å². The summed E-state index contributed by atoms with van der Waals surface area (Å²) in [6, 6.07) is 3.36. The Morgan fingerprint density at radius 2 is 2.29 bits per heavy atom. The Morgan fingerprint density at radius 1 is 1.48 bits per heavy atom. The van der Waals surface area contributed by atoms with E-state index in [0.29, 0.717) is 12.2 Å². The molecule has 1 aliphatic rings. The molecule has 1 aromatic rings. The first-order valence-corrected chi connectivity index (χ1v) is 7.74. The lowest BCUT2D eigenvalue weighted by atomic mass is 10.1. The summed E-state index contributed by atoms with van der Waals surface area (Å²) in [4.78, 5) is 18.1. The molecule has 1 N–H and O–H groups in total. The van der Waals surface area contributed by atoms with Crippen molar-refractivity contribution in [2.45, 2.75) is 45.6 Å². The third kappa shape index (κ3) is 4.17. The minimum atomic E-state index is -0.894. The zero-order valence-corrected chi connectivity index (χ0v) is 12.8. The largest absolute Gasteiger partial charge is 0.478 e. The van der Waals surface area contributed by atoms with E-state index in [-0.39, 0.29) is 6.10 Å². The monoisotopic (exact) mass is 292 g/mol. The summed E-state index contributed by atoms with van der Waals surface area (Å²) in [6.07, 6.45) is 4.08. The molecule has 5 nitrogen and oxygen atoms in total. The molecule has 2 heterocycles. The molecule has 0 spiro atoms. The average Bonchev–Trinajstić information content (AvgIpc) is 2.48. The van der Waals surface area contributed by atoms with E-state index in [1.54, 1.807) is 12.1 Å². The molecule has 21 heavy (non-hydrogen) atoms. The number of nitrogens with zero attached hydrogens (tertiary/aromatic N) is 2. The minimum Gasteiger partial charge on any atom is -0.478 e. The lowest BCUT2D eigenvalue weighted by Gasteiger charge is -2.33. The SMILES string of the molecule is CCCc1cc(C(=O)O)cc(N2CCCC(OCC)C2)n1. The highest BCUT2D eigenvalue weighted by Crippen LogP contribution is 2.22. The molecule has 2 rings (SSSR count). The molecule has 0 aromatic carbocycles. The van der Waals surface area contributed by atoms with Crippen molar-refractivity contribution in [3.05, 3.63) is 23.4 Å². The van der Waals surface area contributed by atoms with E-state index in [2.05, 4.69) is 16.8 Å². The van der Waals surface area contributed by atoms with Crippen LogP contribution in [0.2, 0.25) is 0 Å². The zero-order chi connectivity index (χ0) is 15.2. The molecule has 0 radical (unpaired) electrons. The van der Waals surface area contributed by atoms with Crippen LogP contribution in [0.15, 0.2) is 12.1 Å². The third-order valence-electron chi connectivity index (χ3n) is 3.72. The van der Waals surface area contributed by atoms with Gasteiger partial charge in [0.15, 0.2) is 0 Å². The number of ether oxygens (including phenoxy) is 1. The van der Waals surface area contributed by atoms with Crippen molar-refractivity contribution in [2.24, 2.45) is 0 Å². The number of carboxylic acid groups (broad SMARTS) is 1. The van der Waals surface area contributed by atoms with Crippen LogP contribution < -0.4 is 4.90 Å². The number of hydrogen-bond acceptors (Lipinski definition) is 4. The van der Waals surface area contributed by atoms with E-state index < -0.39 is 5.97 Å². The van der Waals surface area contributed by atoms with Crippen LogP contribution in [-0.2, 0) is 11.2 Å². The van der Waals surface area contributed by atoms with Gasteiger partial charge in [-0.2, -0.15) is 0 Å². The van der Waals surface area contributed by atoms with Gasteiger partial charge >= 0.3 is 5.97 Å². The maximum Gasteiger partial charge on any atom is 0.335 e. The van der Waals surface area contributed by atoms with E-state index in [4.69, 9.17) is 4.74 Å². The summed E-state index contributed by atoms with van der Waals surface area (Å²) in [6.45, 7) is 6.48. The predicted octanol–water partition coefficient (Wildman–Crippen LogP) is 2.74. The van der Waals surface area contributed by atoms with Crippen LogP contribution in [0.4, 0.5) is 5.82 Å². The Hall–Kier alpha value is -1.62. The van der Waals surface area contributed by atoms with Crippen LogP contribution in [0.25, 0.3) is 0 Å². The molecule has 0 bridgehead atoms. The predicted molar refractivity (Wildman–Crippen MR) is 82.1 cm³/mol. The highest BCUT2D eigenvalue weighted by atomic mass is 16.5. The standard InChI is InChI=1S/C16H24N2O3/c1-3-6-13-9-12(16(19)20)10-15(17-13)18-8-5-7-14(11-18)21-4-2/h9-10,14H,3-8,11H2,1-2H3,(H,19,20). The first-order valence-electron chi connectivity index (χ1n) is 7.74. The van der Waals surface area contributed by atoms with Crippen LogP contribution >= 0.6 is 0 Å². The lowest BCUT2D eigenvalue weighted by molar-refractivity contribution is 0.0525. The van der Waals surface area contributed by atoms with E-state index in [0.717, 1.165) is 50.3 Å². The number of rotatable bonds is 6. The molecule has 1 unspecified atom stereocenters. The number of pyridine rings is 1. The summed E-state index contributed by atoms with van der Waals surface area (Å²) in [5.74, 6) is -0.128. The molecular weight excluding hydrogens is 268 g/mol. The molecule has 1 aliphatic heterocycles. The first kappa shape index (κ1) is 15.8. The van der Waals surface area contributed by atoms with Crippen molar-refractivity contribution in [1.82, 2.24) is 4.98 Å². The summed E-state index contributed by atoms with van der Waals surface area (Å²) in [5.41, 5.74) is 1.17. The van der Waals surface area contributed by atoms with Gasteiger partial charge in [0.2, 0.25) is 0 Å². The van der Waals surface area contributed by atoms with E-state index in [1.807, 2.05) is 6.92 Å². The molecule has 1 aromatic heterocycles. The third-order valence-corrected chi connectivity index (χ3v) is 3.72. The lowest BCUT2D eigenvalue weighted by Crippen LogP contribution is -2.40. The fraction of sp³-hybridized carbons (Fsp3) is 0.625. The molecule has 0 aliphatic carbocycles. The normalized spacial score (nSPS) is 18.8. The molecule has 1 saturated heterocycles. The van der Waals surface area contributed by atoms with Gasteiger partial charge in [0.25, 0.3) is 0 Å². The highest BCUT2D eigenvalue weighted by Gasteiger charge is 2.22. The maximum absolute atomic E-state index is 11.3. The number of anilines is 1. The van der Waals surface area contributed by atoms with Gasteiger partial charge in [-0.3, -0.25) is 0 Å². The number of aryl methyl sites for hydroxylation is 1. The quantitative estimate of drug-likeness (QED) is 0.873. The summed E-state index contributed by atoms with van der Waals surface area (Å²) in [7, 11) is 0. The fourth-order valence-corrected chi connectivity index (χ4v) is 2.76. The van der Waals surface area contributed by atoms with Gasteiger partial charge in [-0.25, -0.2) is 9.78 Å². The Kier molecular flexibility index (Phi) is 5.56. The molecule has 116 valence electrons.